The Kier molecular flexibility index (Phi) is 5.07. The van der Waals surface area contributed by atoms with Gasteiger partial charge in [-0.25, -0.2) is 9.18 Å². The van der Waals surface area contributed by atoms with Crippen LogP contribution in [0, 0.1) is 0 Å². The first-order valence-electron chi connectivity index (χ1n) is 7.86. The number of amides is 1. The lowest BCUT2D eigenvalue weighted by atomic mass is 10.0. The van der Waals surface area contributed by atoms with E-state index in [1.807, 2.05) is 12.1 Å². The lowest BCUT2D eigenvalue weighted by Gasteiger charge is -2.11. The van der Waals surface area contributed by atoms with Gasteiger partial charge in [-0.3, -0.25) is 19.1 Å². The monoisotopic (exact) mass is 367 g/mol. The van der Waals surface area contributed by atoms with Gasteiger partial charge in [0.1, 0.15) is 0 Å². The van der Waals surface area contributed by atoms with Gasteiger partial charge in [-0.15, -0.1) is 0 Å². The highest BCUT2D eigenvalue weighted by atomic mass is 19.1. The summed E-state index contributed by atoms with van der Waals surface area (Å²) in [6.45, 7) is 0. The van der Waals surface area contributed by atoms with Crippen molar-refractivity contribution in [3.63, 3.8) is 0 Å². The van der Waals surface area contributed by atoms with Crippen LogP contribution < -0.4 is 10.9 Å². The molecule has 2 aromatic heterocycles. The van der Waals surface area contributed by atoms with E-state index in [0.717, 1.165) is 23.4 Å². The molecule has 3 rings (SSSR count). The van der Waals surface area contributed by atoms with Crippen molar-refractivity contribution in [3.05, 3.63) is 83.0 Å². The molecule has 2 N–H and O–H groups in total. The van der Waals surface area contributed by atoms with Gasteiger partial charge in [0.25, 0.3) is 17.8 Å². The number of hydrogen-bond donors (Lipinski definition) is 2. The van der Waals surface area contributed by atoms with E-state index in [1.54, 1.807) is 36.7 Å². The summed E-state index contributed by atoms with van der Waals surface area (Å²) in [6, 6.07) is 12.7. The van der Waals surface area contributed by atoms with Gasteiger partial charge in [0.15, 0.2) is 0 Å². The zero-order chi connectivity index (χ0) is 19.4. The summed E-state index contributed by atoms with van der Waals surface area (Å²) < 4.78 is 14.0. The van der Waals surface area contributed by atoms with Gasteiger partial charge in [-0.05, 0) is 29.8 Å². The molecular formula is C19H14FN3O4. The first-order chi connectivity index (χ1) is 13.0. The van der Waals surface area contributed by atoms with Crippen LogP contribution in [0.25, 0.3) is 11.1 Å². The topological polar surface area (TPSA) is 101 Å². The van der Waals surface area contributed by atoms with Crippen LogP contribution >= 0.6 is 0 Å². The molecule has 0 aliphatic rings. The third-order valence-corrected chi connectivity index (χ3v) is 3.76. The zero-order valence-electron chi connectivity index (χ0n) is 13.9. The number of carbonyl (C=O) groups excluding carboxylic acids is 1. The third kappa shape index (κ3) is 4.06. The molecule has 0 radical (unpaired) electrons. The average Bonchev–Trinajstić information content (AvgIpc) is 2.69. The van der Waals surface area contributed by atoms with Crippen LogP contribution in [0.5, 0.6) is 0 Å². The number of pyridine rings is 2. The van der Waals surface area contributed by atoms with Crippen molar-refractivity contribution < 1.29 is 19.1 Å². The largest absolute Gasteiger partial charge is 0.478 e. The normalized spacial score (nSPS) is 11.6. The summed E-state index contributed by atoms with van der Waals surface area (Å²) in [4.78, 5) is 38.9. The Labute approximate surface area is 152 Å². The molecule has 2 heterocycles. The van der Waals surface area contributed by atoms with Gasteiger partial charge < -0.3 is 10.4 Å². The standard InChI is InChI=1S/C19H14FN3O4/c20-17(19(26)27)23-11-15(6-7-16(23)24)22-18(25)13-4-1-3-12(9-13)14-5-2-8-21-10-14/h1-11,17H,(H,22,25)(H,26,27)/t17-/m1/s1. The van der Waals surface area contributed by atoms with E-state index in [0.29, 0.717) is 10.1 Å². The Morgan fingerprint density at radius 3 is 2.59 bits per heavy atom. The number of benzene rings is 1. The number of carbonyl (C=O) groups is 2. The van der Waals surface area contributed by atoms with Gasteiger partial charge in [-0.2, -0.15) is 0 Å². The van der Waals surface area contributed by atoms with E-state index in [1.165, 1.54) is 6.07 Å². The van der Waals surface area contributed by atoms with E-state index >= 15 is 0 Å². The highest BCUT2D eigenvalue weighted by molar-refractivity contribution is 6.04. The number of rotatable bonds is 5. The molecule has 27 heavy (non-hydrogen) atoms. The van der Waals surface area contributed by atoms with Crippen LogP contribution in [0.2, 0.25) is 0 Å². The van der Waals surface area contributed by atoms with E-state index in [2.05, 4.69) is 10.3 Å². The van der Waals surface area contributed by atoms with Crippen molar-refractivity contribution >= 4 is 17.6 Å². The van der Waals surface area contributed by atoms with Crippen LogP contribution in [0.1, 0.15) is 16.7 Å². The molecule has 0 spiro atoms. The summed E-state index contributed by atoms with van der Waals surface area (Å²) in [7, 11) is 0. The fourth-order valence-corrected chi connectivity index (χ4v) is 2.45. The number of aromatic nitrogens is 2. The van der Waals surface area contributed by atoms with Crippen LogP contribution in [-0.2, 0) is 4.79 Å². The number of nitrogens with zero attached hydrogens (tertiary/aromatic N) is 2. The SMILES string of the molecule is O=C(Nc1ccc(=O)n([C@@H](F)C(=O)O)c1)c1cccc(-c2cccnc2)c1. The summed E-state index contributed by atoms with van der Waals surface area (Å²) in [5.41, 5.74) is 1.22. The van der Waals surface area contributed by atoms with Crippen molar-refractivity contribution in [2.45, 2.75) is 6.30 Å². The second kappa shape index (κ2) is 7.61. The molecule has 136 valence electrons. The number of nitrogens with one attached hydrogen (secondary N) is 1. The van der Waals surface area contributed by atoms with Crippen molar-refractivity contribution in [2.75, 3.05) is 5.32 Å². The van der Waals surface area contributed by atoms with Crippen LogP contribution in [-0.4, -0.2) is 26.5 Å². The second-order valence-electron chi connectivity index (χ2n) is 5.61. The fraction of sp³-hybridized carbons (Fsp3) is 0.0526. The first-order valence-corrected chi connectivity index (χ1v) is 7.86. The quantitative estimate of drug-likeness (QED) is 0.722. The number of alkyl halides is 1. The summed E-state index contributed by atoms with van der Waals surface area (Å²) >= 11 is 0. The maximum absolute atomic E-state index is 13.6. The maximum Gasteiger partial charge on any atom is 0.360 e. The molecule has 0 aliphatic heterocycles. The van der Waals surface area contributed by atoms with Crippen molar-refractivity contribution in [3.8, 4) is 11.1 Å². The molecule has 0 unspecified atom stereocenters. The van der Waals surface area contributed by atoms with Gasteiger partial charge >= 0.3 is 5.97 Å². The molecule has 3 aromatic rings. The minimum atomic E-state index is -2.54. The Morgan fingerprint density at radius 1 is 1.11 bits per heavy atom. The molecule has 0 saturated carbocycles. The van der Waals surface area contributed by atoms with Gasteiger partial charge in [-0.1, -0.05) is 18.2 Å². The number of carboxylic acids is 1. The average molecular weight is 367 g/mol. The van der Waals surface area contributed by atoms with Crippen LogP contribution in [0.4, 0.5) is 10.1 Å². The number of halogens is 1. The molecule has 1 atom stereocenters. The van der Waals surface area contributed by atoms with E-state index in [-0.39, 0.29) is 5.69 Å². The van der Waals surface area contributed by atoms with Crippen LogP contribution in [0.15, 0.2) is 71.9 Å². The lowest BCUT2D eigenvalue weighted by Crippen LogP contribution is -2.27. The highest BCUT2D eigenvalue weighted by Gasteiger charge is 2.19. The molecular weight excluding hydrogens is 353 g/mol. The molecule has 0 saturated heterocycles. The second-order valence-corrected chi connectivity index (χ2v) is 5.61. The number of anilines is 1. The highest BCUT2D eigenvalue weighted by Crippen LogP contribution is 2.20. The number of carboxylic acid groups (broad SMARTS) is 1. The Morgan fingerprint density at radius 2 is 1.89 bits per heavy atom. The smallest absolute Gasteiger partial charge is 0.360 e. The molecule has 1 amide bonds. The zero-order valence-corrected chi connectivity index (χ0v) is 13.9. The van der Waals surface area contributed by atoms with Crippen LogP contribution in [0.3, 0.4) is 0 Å². The predicted molar refractivity (Wildman–Crippen MR) is 96.1 cm³/mol. The van der Waals surface area contributed by atoms with Gasteiger partial charge in [0.2, 0.25) is 0 Å². The summed E-state index contributed by atoms with van der Waals surface area (Å²) in [5.74, 6) is -2.29. The third-order valence-electron chi connectivity index (χ3n) is 3.76. The Balaban J connectivity index is 1.85. The minimum Gasteiger partial charge on any atom is -0.478 e. The van der Waals surface area contributed by atoms with Crippen molar-refractivity contribution in [1.82, 2.24) is 9.55 Å². The van der Waals surface area contributed by atoms with Gasteiger partial charge in [0, 0.05) is 35.8 Å². The van der Waals surface area contributed by atoms with Gasteiger partial charge in [0.05, 0.1) is 5.69 Å². The van der Waals surface area contributed by atoms with E-state index in [9.17, 15) is 18.8 Å². The molecule has 1 aromatic carbocycles. The number of hydrogen-bond acceptors (Lipinski definition) is 4. The van der Waals surface area contributed by atoms with Crippen molar-refractivity contribution in [1.29, 1.82) is 0 Å². The minimum absolute atomic E-state index is 0.0929. The molecule has 7 nitrogen and oxygen atoms in total. The maximum atomic E-state index is 13.6. The fourth-order valence-electron chi connectivity index (χ4n) is 2.45. The number of aliphatic carboxylic acids is 1. The Hall–Kier alpha value is -3.81. The summed E-state index contributed by atoms with van der Waals surface area (Å²) in [5, 5.41) is 11.2. The molecule has 0 fully saturated rings. The van der Waals surface area contributed by atoms with E-state index in [4.69, 9.17) is 5.11 Å². The molecule has 0 aliphatic carbocycles. The molecule has 8 heteroatoms. The van der Waals surface area contributed by atoms with Crippen molar-refractivity contribution in [2.24, 2.45) is 0 Å². The summed E-state index contributed by atoms with van der Waals surface area (Å²) in [6.07, 6.45) is 1.72. The lowest BCUT2D eigenvalue weighted by molar-refractivity contribution is -0.146. The Bertz CT molecular complexity index is 1050. The molecule has 0 bridgehead atoms. The van der Waals surface area contributed by atoms with E-state index < -0.39 is 23.7 Å². The predicted octanol–water partition coefficient (Wildman–Crippen LogP) is 2.72. The first kappa shape index (κ1) is 18.0.